The van der Waals surface area contributed by atoms with Crippen molar-refractivity contribution in [3.8, 4) is 11.4 Å². The van der Waals surface area contributed by atoms with Crippen molar-refractivity contribution in [1.82, 2.24) is 25.2 Å². The van der Waals surface area contributed by atoms with Crippen molar-refractivity contribution >= 4 is 18.0 Å². The Morgan fingerprint density at radius 3 is 2.78 bits per heavy atom. The third-order valence-corrected chi connectivity index (χ3v) is 4.23. The minimum atomic E-state index is -4.49. The molecule has 1 aliphatic heterocycles. The Hall–Kier alpha value is -3.67. The van der Waals surface area contributed by atoms with Gasteiger partial charge < -0.3 is 9.47 Å². The first-order valence-corrected chi connectivity index (χ1v) is 9.39. The Labute approximate surface area is 181 Å². The molecule has 0 atom stereocenters. The molecule has 0 unspecified atom stereocenters. The second kappa shape index (κ2) is 9.64. The number of carbonyl (C=O) groups excluding carboxylic acids is 2. The molecule has 1 aromatic heterocycles. The van der Waals surface area contributed by atoms with Crippen molar-refractivity contribution in [2.75, 3.05) is 26.9 Å². The number of halogens is 3. The number of methoxy groups -OCH3 is 1. The van der Waals surface area contributed by atoms with Gasteiger partial charge in [-0.1, -0.05) is 0 Å². The fourth-order valence-electron chi connectivity index (χ4n) is 2.80. The normalized spacial score (nSPS) is 14.2. The highest BCUT2D eigenvalue weighted by molar-refractivity contribution is 5.95. The average molecular weight is 451 g/mol. The van der Waals surface area contributed by atoms with Gasteiger partial charge in [-0.2, -0.15) is 13.2 Å². The first-order valence-electron chi connectivity index (χ1n) is 9.39. The predicted octanol–water partition coefficient (Wildman–Crippen LogP) is 2.16. The molecular weight excluding hydrogens is 431 g/mol. The maximum atomic E-state index is 13.0. The number of hydrogen-bond donors (Lipinski definition) is 1. The molecule has 0 radical (unpaired) electrons. The van der Waals surface area contributed by atoms with Crippen LogP contribution in [0.25, 0.3) is 17.6 Å². The number of aryl methyl sites for hydroxylation is 1. The maximum absolute atomic E-state index is 13.0. The highest BCUT2D eigenvalue weighted by Crippen LogP contribution is 2.32. The summed E-state index contributed by atoms with van der Waals surface area (Å²) in [5, 5.41) is 5.14. The summed E-state index contributed by atoms with van der Waals surface area (Å²) in [6, 6.07) is 3.53. The summed E-state index contributed by atoms with van der Waals surface area (Å²) in [7, 11) is 1.52. The van der Waals surface area contributed by atoms with Crippen molar-refractivity contribution in [3.05, 3.63) is 53.6 Å². The van der Waals surface area contributed by atoms with E-state index in [1.165, 1.54) is 36.5 Å². The van der Waals surface area contributed by atoms with Crippen LogP contribution in [0.5, 0.6) is 0 Å². The van der Waals surface area contributed by atoms with E-state index in [-0.39, 0.29) is 24.5 Å². The summed E-state index contributed by atoms with van der Waals surface area (Å²) in [6.07, 6.45) is 0.389. The zero-order valence-corrected chi connectivity index (χ0v) is 17.2. The zero-order chi connectivity index (χ0) is 23.3. The predicted molar refractivity (Wildman–Crippen MR) is 106 cm³/mol. The summed E-state index contributed by atoms with van der Waals surface area (Å²) in [6.45, 7) is 2.25. The van der Waals surface area contributed by atoms with Crippen LogP contribution in [0.1, 0.15) is 11.1 Å². The molecular formula is C20H20F3N5O4. The molecule has 2 heterocycles. The lowest BCUT2D eigenvalue weighted by Gasteiger charge is -2.16. The topological polar surface area (TPSA) is 98.6 Å². The maximum Gasteiger partial charge on any atom is 0.416 e. The van der Waals surface area contributed by atoms with Crippen LogP contribution < -0.4 is 5.43 Å². The van der Waals surface area contributed by atoms with E-state index in [1.807, 2.05) is 0 Å². The molecule has 0 aliphatic carbocycles. The van der Waals surface area contributed by atoms with Gasteiger partial charge in [0.15, 0.2) is 5.82 Å². The second-order valence-electron chi connectivity index (χ2n) is 6.80. The number of hydrogen-bond acceptors (Lipinski definition) is 6. The van der Waals surface area contributed by atoms with Crippen molar-refractivity contribution in [2.45, 2.75) is 13.1 Å². The SMILES string of the molecule is COCCOC1=CC(=O)N(NC(=O)/C=C\n2cnc(-c3cc(C)cc(C(F)(F)F)c3)n2)C1. The van der Waals surface area contributed by atoms with Crippen molar-refractivity contribution in [1.29, 1.82) is 0 Å². The third-order valence-electron chi connectivity index (χ3n) is 4.23. The van der Waals surface area contributed by atoms with Crippen LogP contribution in [-0.4, -0.2) is 58.5 Å². The van der Waals surface area contributed by atoms with E-state index in [0.29, 0.717) is 17.9 Å². The summed E-state index contributed by atoms with van der Waals surface area (Å²) in [4.78, 5) is 28.0. The lowest BCUT2D eigenvalue weighted by molar-refractivity contribution is -0.137. The standard InChI is InChI=1S/C20H20F3N5O4/c1-13-7-14(9-15(8-13)20(21,22)23)19-24-12-27(26-19)4-3-17(29)25-28-11-16(10-18(28)30)32-6-5-31-2/h3-4,7-10,12H,5-6,11H2,1-2H3,(H,25,29)/b4-3-. The van der Waals surface area contributed by atoms with E-state index in [0.717, 1.165) is 23.2 Å². The molecule has 32 heavy (non-hydrogen) atoms. The first-order chi connectivity index (χ1) is 15.2. The van der Waals surface area contributed by atoms with E-state index in [4.69, 9.17) is 9.47 Å². The van der Waals surface area contributed by atoms with Crippen LogP contribution in [0.2, 0.25) is 0 Å². The van der Waals surface area contributed by atoms with Crippen LogP contribution in [0.4, 0.5) is 13.2 Å². The molecule has 0 spiro atoms. The molecule has 2 amide bonds. The Bertz CT molecular complexity index is 1060. The van der Waals surface area contributed by atoms with Gasteiger partial charge in [-0.05, 0) is 30.7 Å². The summed E-state index contributed by atoms with van der Waals surface area (Å²) in [5.41, 5.74) is 2.21. The van der Waals surface area contributed by atoms with Crippen molar-refractivity contribution in [3.63, 3.8) is 0 Å². The van der Waals surface area contributed by atoms with Crippen molar-refractivity contribution in [2.24, 2.45) is 0 Å². The number of alkyl halides is 3. The summed E-state index contributed by atoms with van der Waals surface area (Å²) in [5.74, 6) is -0.589. The molecule has 0 saturated carbocycles. The lowest BCUT2D eigenvalue weighted by atomic mass is 10.1. The minimum absolute atomic E-state index is 0.0704. The summed E-state index contributed by atoms with van der Waals surface area (Å²) >= 11 is 0. The van der Waals surface area contributed by atoms with Crippen molar-refractivity contribution < 1.29 is 32.2 Å². The number of nitrogens with zero attached hydrogens (tertiary/aromatic N) is 4. The van der Waals surface area contributed by atoms with Gasteiger partial charge in [-0.3, -0.25) is 15.0 Å². The fraction of sp³-hybridized carbons (Fsp3) is 0.300. The quantitative estimate of drug-likeness (QED) is 0.488. The van der Waals surface area contributed by atoms with Crippen LogP contribution in [0, 0.1) is 6.92 Å². The molecule has 1 aliphatic rings. The van der Waals surface area contributed by atoms with Gasteiger partial charge >= 0.3 is 6.18 Å². The van der Waals surface area contributed by atoms with Crippen LogP contribution >= 0.6 is 0 Å². The smallest absolute Gasteiger partial charge is 0.416 e. The molecule has 1 N–H and O–H groups in total. The van der Waals surface area contributed by atoms with E-state index in [1.54, 1.807) is 6.92 Å². The Morgan fingerprint density at radius 1 is 1.28 bits per heavy atom. The number of rotatable bonds is 8. The number of benzene rings is 1. The molecule has 0 saturated heterocycles. The highest BCUT2D eigenvalue weighted by Gasteiger charge is 2.31. The average Bonchev–Trinajstić information content (AvgIpc) is 3.32. The Kier molecular flexibility index (Phi) is 6.93. The zero-order valence-electron chi connectivity index (χ0n) is 17.2. The number of nitrogens with one attached hydrogen (secondary N) is 1. The molecule has 12 heteroatoms. The Balaban J connectivity index is 1.60. The highest BCUT2D eigenvalue weighted by atomic mass is 19.4. The number of ether oxygens (including phenoxy) is 2. The number of amides is 2. The van der Waals surface area contributed by atoms with Gasteiger partial charge in [-0.25, -0.2) is 14.7 Å². The number of carbonyl (C=O) groups is 2. The molecule has 1 aromatic carbocycles. The van der Waals surface area contributed by atoms with Crippen LogP contribution in [0.15, 0.2) is 42.4 Å². The molecule has 0 bridgehead atoms. The van der Waals surface area contributed by atoms with Gasteiger partial charge in [0.05, 0.1) is 12.2 Å². The molecule has 9 nitrogen and oxygen atoms in total. The van der Waals surface area contributed by atoms with E-state index in [9.17, 15) is 22.8 Å². The molecule has 170 valence electrons. The van der Waals surface area contributed by atoms with Gasteiger partial charge in [0.2, 0.25) is 0 Å². The third kappa shape index (κ3) is 5.94. The Morgan fingerprint density at radius 2 is 2.06 bits per heavy atom. The van der Waals surface area contributed by atoms with Gasteiger partial charge in [0.1, 0.15) is 25.2 Å². The van der Waals surface area contributed by atoms with Gasteiger partial charge in [0, 0.05) is 31.0 Å². The number of hydrazine groups is 1. The second-order valence-corrected chi connectivity index (χ2v) is 6.80. The van der Waals surface area contributed by atoms with E-state index < -0.39 is 23.6 Å². The number of aromatic nitrogens is 3. The van der Waals surface area contributed by atoms with Gasteiger partial charge in [-0.15, -0.1) is 5.10 Å². The van der Waals surface area contributed by atoms with Crippen LogP contribution in [-0.2, 0) is 25.2 Å². The van der Waals surface area contributed by atoms with E-state index in [2.05, 4.69) is 15.5 Å². The van der Waals surface area contributed by atoms with E-state index >= 15 is 0 Å². The molecule has 3 rings (SSSR count). The molecule has 0 fully saturated rings. The monoisotopic (exact) mass is 451 g/mol. The fourth-order valence-corrected chi connectivity index (χ4v) is 2.80. The lowest BCUT2D eigenvalue weighted by Crippen LogP contribution is -2.43. The minimum Gasteiger partial charge on any atom is -0.493 e. The van der Waals surface area contributed by atoms with Crippen LogP contribution in [0.3, 0.4) is 0 Å². The largest absolute Gasteiger partial charge is 0.493 e. The van der Waals surface area contributed by atoms with Gasteiger partial charge in [0.25, 0.3) is 11.8 Å². The summed E-state index contributed by atoms with van der Waals surface area (Å²) < 4.78 is 50.5. The molecule has 2 aromatic rings. The first kappa shape index (κ1) is 23.0.